The van der Waals surface area contributed by atoms with Crippen molar-refractivity contribution in [3.8, 4) is 11.5 Å². The zero-order chi connectivity index (χ0) is 19.1. The first-order valence-corrected chi connectivity index (χ1v) is 7.97. The van der Waals surface area contributed by atoms with E-state index in [0.29, 0.717) is 16.3 Å². The van der Waals surface area contributed by atoms with Crippen molar-refractivity contribution in [1.82, 2.24) is 5.43 Å². The van der Waals surface area contributed by atoms with E-state index in [4.69, 9.17) is 37.8 Å². The highest BCUT2D eigenvalue weighted by molar-refractivity contribution is 6.36. The first kappa shape index (κ1) is 19.6. The third-order valence-electron chi connectivity index (χ3n) is 3.09. The summed E-state index contributed by atoms with van der Waals surface area (Å²) in [6.45, 7) is -0.484. The number of aliphatic carboxylic acids is 1. The molecule has 26 heavy (non-hydrogen) atoms. The third-order valence-corrected chi connectivity index (χ3v) is 3.64. The Morgan fingerprint density at radius 1 is 1.19 bits per heavy atom. The SMILES string of the molecule is COc1cc(/C=N\NC(=O)c2ccc(Cl)cc2Cl)ccc1OCC(=O)O. The molecular weight excluding hydrogens is 383 g/mol. The molecule has 7 nitrogen and oxygen atoms in total. The summed E-state index contributed by atoms with van der Waals surface area (Å²) in [5.41, 5.74) is 3.20. The minimum atomic E-state index is -1.10. The Morgan fingerprint density at radius 3 is 2.62 bits per heavy atom. The fourth-order valence-corrected chi connectivity index (χ4v) is 2.42. The van der Waals surface area contributed by atoms with Crippen molar-refractivity contribution in [1.29, 1.82) is 0 Å². The number of nitrogens with zero attached hydrogens (tertiary/aromatic N) is 1. The maximum absolute atomic E-state index is 12.0. The first-order chi connectivity index (χ1) is 12.4. The molecule has 0 heterocycles. The van der Waals surface area contributed by atoms with E-state index < -0.39 is 18.5 Å². The van der Waals surface area contributed by atoms with Gasteiger partial charge in [0.2, 0.25) is 0 Å². The summed E-state index contributed by atoms with van der Waals surface area (Å²) in [5.74, 6) is -0.969. The van der Waals surface area contributed by atoms with Crippen LogP contribution < -0.4 is 14.9 Å². The number of methoxy groups -OCH3 is 1. The molecule has 0 aliphatic rings. The number of benzene rings is 2. The van der Waals surface area contributed by atoms with Gasteiger partial charge in [-0.25, -0.2) is 10.2 Å². The molecule has 2 aromatic carbocycles. The van der Waals surface area contributed by atoms with Gasteiger partial charge < -0.3 is 14.6 Å². The van der Waals surface area contributed by atoms with Crippen LogP contribution in [0, 0.1) is 0 Å². The Morgan fingerprint density at radius 2 is 1.96 bits per heavy atom. The summed E-state index contributed by atoms with van der Waals surface area (Å²) in [6.07, 6.45) is 1.39. The lowest BCUT2D eigenvalue weighted by Crippen LogP contribution is -2.18. The fraction of sp³-hybridized carbons (Fsp3) is 0.118. The second-order valence-corrected chi connectivity index (χ2v) is 5.76. The van der Waals surface area contributed by atoms with Crippen molar-refractivity contribution in [2.45, 2.75) is 0 Å². The molecule has 0 aromatic heterocycles. The zero-order valence-corrected chi connectivity index (χ0v) is 15.0. The van der Waals surface area contributed by atoms with Crippen molar-refractivity contribution in [3.05, 3.63) is 57.6 Å². The fourth-order valence-electron chi connectivity index (χ4n) is 1.92. The summed E-state index contributed by atoms with van der Waals surface area (Å²) in [7, 11) is 1.42. The molecule has 0 aliphatic carbocycles. The van der Waals surface area contributed by atoms with E-state index in [2.05, 4.69) is 10.5 Å². The van der Waals surface area contributed by atoms with Crippen LogP contribution >= 0.6 is 23.2 Å². The number of carboxylic acid groups (broad SMARTS) is 1. The quantitative estimate of drug-likeness (QED) is 0.552. The Bertz CT molecular complexity index is 855. The number of carbonyl (C=O) groups is 2. The van der Waals surface area contributed by atoms with Gasteiger partial charge in [-0.1, -0.05) is 23.2 Å². The monoisotopic (exact) mass is 396 g/mol. The first-order valence-electron chi connectivity index (χ1n) is 7.22. The molecule has 0 saturated heterocycles. The van der Waals surface area contributed by atoms with Crippen molar-refractivity contribution in [2.24, 2.45) is 5.10 Å². The largest absolute Gasteiger partial charge is 0.493 e. The van der Waals surface area contributed by atoms with Gasteiger partial charge in [0.05, 0.1) is 23.9 Å². The Kier molecular flexibility index (Phi) is 6.82. The van der Waals surface area contributed by atoms with Crippen molar-refractivity contribution in [2.75, 3.05) is 13.7 Å². The van der Waals surface area contributed by atoms with Gasteiger partial charge in [-0.05, 0) is 42.0 Å². The normalized spacial score (nSPS) is 10.6. The van der Waals surface area contributed by atoms with Crippen molar-refractivity contribution in [3.63, 3.8) is 0 Å². The van der Waals surface area contributed by atoms with Crippen LogP contribution in [0.15, 0.2) is 41.5 Å². The molecule has 2 N–H and O–H groups in total. The maximum atomic E-state index is 12.0. The number of halogens is 2. The zero-order valence-electron chi connectivity index (χ0n) is 13.5. The number of nitrogens with one attached hydrogen (secondary N) is 1. The smallest absolute Gasteiger partial charge is 0.341 e. The van der Waals surface area contributed by atoms with E-state index in [-0.39, 0.29) is 16.3 Å². The molecular formula is C17H14Cl2N2O5. The molecule has 0 bridgehead atoms. The van der Waals surface area contributed by atoms with Crippen molar-refractivity contribution < 1.29 is 24.2 Å². The molecule has 0 aliphatic heterocycles. The summed E-state index contributed by atoms with van der Waals surface area (Å²) in [5, 5.41) is 13.1. The van der Waals surface area contributed by atoms with Crippen LogP contribution in [0.4, 0.5) is 0 Å². The van der Waals surface area contributed by atoms with Crippen LogP contribution in [0.1, 0.15) is 15.9 Å². The number of hydrogen-bond acceptors (Lipinski definition) is 5. The minimum Gasteiger partial charge on any atom is -0.493 e. The summed E-state index contributed by atoms with van der Waals surface area (Å²) in [4.78, 5) is 22.6. The molecule has 9 heteroatoms. The Labute approximate surface area is 159 Å². The summed E-state index contributed by atoms with van der Waals surface area (Å²) >= 11 is 11.7. The van der Waals surface area contributed by atoms with Crippen LogP contribution in [0.2, 0.25) is 10.0 Å². The minimum absolute atomic E-state index is 0.215. The number of hydrazone groups is 1. The standard InChI is InChI=1S/C17H14Cl2N2O5/c1-25-15-6-10(2-5-14(15)26-9-16(22)23)8-20-21-17(24)12-4-3-11(18)7-13(12)19/h2-8H,9H2,1H3,(H,21,24)(H,22,23)/b20-8-. The van der Waals surface area contributed by atoms with Gasteiger partial charge in [-0.2, -0.15) is 5.10 Å². The predicted octanol–water partition coefficient (Wildman–Crippen LogP) is 3.23. The van der Waals surface area contributed by atoms with Gasteiger partial charge in [-0.3, -0.25) is 4.79 Å². The van der Waals surface area contributed by atoms with Gasteiger partial charge >= 0.3 is 5.97 Å². The molecule has 2 aromatic rings. The van der Waals surface area contributed by atoms with E-state index in [1.54, 1.807) is 24.3 Å². The number of carboxylic acids is 1. The average molecular weight is 397 g/mol. The maximum Gasteiger partial charge on any atom is 0.341 e. The summed E-state index contributed by atoms with van der Waals surface area (Å²) in [6, 6.07) is 9.26. The summed E-state index contributed by atoms with van der Waals surface area (Å²) < 4.78 is 10.2. The molecule has 0 saturated carbocycles. The lowest BCUT2D eigenvalue weighted by molar-refractivity contribution is -0.139. The molecule has 1 amide bonds. The second-order valence-electron chi connectivity index (χ2n) is 4.92. The number of hydrogen-bond donors (Lipinski definition) is 2. The molecule has 2 rings (SSSR count). The Balaban J connectivity index is 2.05. The van der Waals surface area contributed by atoms with E-state index in [1.165, 1.54) is 25.5 Å². The van der Waals surface area contributed by atoms with Crippen molar-refractivity contribution >= 4 is 41.3 Å². The van der Waals surface area contributed by atoms with E-state index in [9.17, 15) is 9.59 Å². The van der Waals surface area contributed by atoms with E-state index in [0.717, 1.165) is 0 Å². The van der Waals surface area contributed by atoms with Crippen LogP contribution in [-0.2, 0) is 4.79 Å². The molecule has 0 atom stereocenters. The van der Waals surface area contributed by atoms with Gasteiger partial charge in [0, 0.05) is 5.02 Å². The average Bonchev–Trinajstić information content (AvgIpc) is 2.60. The highest BCUT2D eigenvalue weighted by Gasteiger charge is 2.10. The second kappa shape index (κ2) is 9.07. The number of rotatable bonds is 7. The lowest BCUT2D eigenvalue weighted by atomic mass is 10.2. The highest BCUT2D eigenvalue weighted by Crippen LogP contribution is 2.27. The van der Waals surface area contributed by atoms with Gasteiger partial charge in [0.25, 0.3) is 5.91 Å². The van der Waals surface area contributed by atoms with Crippen LogP contribution in [0.3, 0.4) is 0 Å². The van der Waals surface area contributed by atoms with Crippen LogP contribution in [0.25, 0.3) is 0 Å². The van der Waals surface area contributed by atoms with Gasteiger partial charge in [-0.15, -0.1) is 0 Å². The highest BCUT2D eigenvalue weighted by atomic mass is 35.5. The number of carbonyl (C=O) groups excluding carboxylic acids is 1. The van der Waals surface area contributed by atoms with E-state index in [1.807, 2.05) is 0 Å². The predicted molar refractivity (Wildman–Crippen MR) is 97.6 cm³/mol. The molecule has 0 fully saturated rings. The lowest BCUT2D eigenvalue weighted by Gasteiger charge is -2.09. The van der Waals surface area contributed by atoms with Gasteiger partial charge in [0.1, 0.15) is 0 Å². The molecule has 136 valence electrons. The molecule has 0 unspecified atom stereocenters. The number of amides is 1. The van der Waals surface area contributed by atoms with Crippen LogP contribution in [-0.4, -0.2) is 36.9 Å². The Hall–Kier alpha value is -2.77. The molecule has 0 radical (unpaired) electrons. The topological polar surface area (TPSA) is 97.2 Å². The number of ether oxygens (including phenoxy) is 2. The van der Waals surface area contributed by atoms with E-state index >= 15 is 0 Å². The van der Waals surface area contributed by atoms with Crippen LogP contribution in [0.5, 0.6) is 11.5 Å². The van der Waals surface area contributed by atoms with Gasteiger partial charge in [0.15, 0.2) is 18.1 Å². The third kappa shape index (κ3) is 5.37. The molecule has 0 spiro atoms.